The van der Waals surface area contributed by atoms with E-state index in [4.69, 9.17) is 5.11 Å². The first-order valence-corrected chi connectivity index (χ1v) is 11.2. The van der Waals surface area contributed by atoms with Crippen LogP contribution in [-0.2, 0) is 4.79 Å². The summed E-state index contributed by atoms with van der Waals surface area (Å²) in [6.45, 7) is 2.21. The van der Waals surface area contributed by atoms with E-state index in [2.05, 4.69) is 6.92 Å². The lowest BCUT2D eigenvalue weighted by Crippen LogP contribution is -2.25. The number of carboxylic acids is 1. The molecule has 0 aromatic carbocycles. The van der Waals surface area contributed by atoms with E-state index >= 15 is 0 Å². The molecule has 3 N–H and O–H groups in total. The summed E-state index contributed by atoms with van der Waals surface area (Å²) in [5.74, 6) is -0.690. The molecular weight excluding hydrogens is 328 g/mol. The van der Waals surface area contributed by atoms with E-state index in [9.17, 15) is 15.0 Å². The minimum Gasteiger partial charge on any atom is -0.481 e. The van der Waals surface area contributed by atoms with E-state index in [0.717, 1.165) is 44.9 Å². The Morgan fingerprint density at radius 3 is 1.35 bits per heavy atom. The highest BCUT2D eigenvalue weighted by Crippen LogP contribution is 2.15. The number of carboxylic acid groups (broad SMARTS) is 1. The molecule has 0 fully saturated rings. The Hall–Kier alpha value is -0.610. The maximum Gasteiger partial charge on any atom is 0.303 e. The van der Waals surface area contributed by atoms with Crippen molar-refractivity contribution in [2.45, 2.75) is 135 Å². The lowest BCUT2D eigenvalue weighted by atomic mass is 9.99. The number of unbranched alkanes of at least 4 members (excludes halogenated alkanes) is 13. The smallest absolute Gasteiger partial charge is 0.303 e. The maximum absolute atomic E-state index is 10.4. The fourth-order valence-corrected chi connectivity index (χ4v) is 3.39. The average molecular weight is 373 g/mol. The molecule has 0 spiro atoms. The van der Waals surface area contributed by atoms with Gasteiger partial charge < -0.3 is 15.3 Å². The molecule has 156 valence electrons. The number of aliphatic hydroxyl groups is 2. The van der Waals surface area contributed by atoms with Crippen molar-refractivity contribution in [1.82, 2.24) is 0 Å². The standard InChI is InChI=1S/C22H44O4/c1-2-3-4-5-11-14-17-20(23)21(24)18-15-12-9-7-6-8-10-13-16-19-22(25)26/h20-21,23-24H,2-19H2,1H3,(H,25,26)/t20-,21+/m0/s1. The number of hydrogen-bond donors (Lipinski definition) is 3. The molecule has 0 rings (SSSR count). The molecule has 0 aromatic heterocycles. The van der Waals surface area contributed by atoms with Crippen LogP contribution in [0.1, 0.15) is 122 Å². The lowest BCUT2D eigenvalue weighted by Gasteiger charge is -2.17. The highest BCUT2D eigenvalue weighted by Gasteiger charge is 2.15. The third-order valence-corrected chi connectivity index (χ3v) is 5.19. The molecule has 0 unspecified atom stereocenters. The Labute approximate surface area is 161 Å². The van der Waals surface area contributed by atoms with Gasteiger partial charge in [0.2, 0.25) is 0 Å². The number of rotatable bonds is 20. The molecule has 2 atom stereocenters. The number of hydrogen-bond acceptors (Lipinski definition) is 3. The van der Waals surface area contributed by atoms with Crippen molar-refractivity contribution >= 4 is 5.97 Å². The van der Waals surface area contributed by atoms with Gasteiger partial charge in [-0.05, 0) is 19.3 Å². The second-order valence-corrected chi connectivity index (χ2v) is 7.81. The van der Waals surface area contributed by atoms with Crippen LogP contribution >= 0.6 is 0 Å². The normalized spacial score (nSPS) is 13.7. The van der Waals surface area contributed by atoms with Crippen molar-refractivity contribution in [2.24, 2.45) is 0 Å². The summed E-state index contributed by atoms with van der Waals surface area (Å²) in [5.41, 5.74) is 0. The van der Waals surface area contributed by atoms with Crippen LogP contribution in [0.15, 0.2) is 0 Å². The summed E-state index contributed by atoms with van der Waals surface area (Å²) in [4.78, 5) is 10.4. The summed E-state index contributed by atoms with van der Waals surface area (Å²) < 4.78 is 0. The molecule has 0 aliphatic rings. The van der Waals surface area contributed by atoms with Crippen LogP contribution in [0.3, 0.4) is 0 Å². The van der Waals surface area contributed by atoms with Crippen molar-refractivity contribution in [1.29, 1.82) is 0 Å². The zero-order valence-electron chi connectivity index (χ0n) is 17.1. The average Bonchev–Trinajstić information content (AvgIpc) is 2.61. The minimum atomic E-state index is -0.690. The second-order valence-electron chi connectivity index (χ2n) is 7.81. The minimum absolute atomic E-state index is 0.299. The Morgan fingerprint density at radius 2 is 0.962 bits per heavy atom. The molecule has 4 nitrogen and oxygen atoms in total. The molecule has 26 heavy (non-hydrogen) atoms. The summed E-state index contributed by atoms with van der Waals surface area (Å²) in [7, 11) is 0. The predicted molar refractivity (Wildman–Crippen MR) is 108 cm³/mol. The van der Waals surface area contributed by atoms with Gasteiger partial charge in [0.25, 0.3) is 0 Å². The Balaban J connectivity index is 3.31. The zero-order chi connectivity index (χ0) is 19.5. The summed E-state index contributed by atoms with van der Waals surface area (Å²) >= 11 is 0. The summed E-state index contributed by atoms with van der Waals surface area (Å²) in [6, 6.07) is 0. The van der Waals surface area contributed by atoms with Gasteiger partial charge in [-0.15, -0.1) is 0 Å². The van der Waals surface area contributed by atoms with Crippen LogP contribution in [0, 0.1) is 0 Å². The van der Waals surface area contributed by atoms with E-state index in [-0.39, 0.29) is 0 Å². The van der Waals surface area contributed by atoms with E-state index in [0.29, 0.717) is 12.8 Å². The van der Waals surface area contributed by atoms with Crippen LogP contribution in [0.5, 0.6) is 0 Å². The zero-order valence-corrected chi connectivity index (χ0v) is 17.1. The lowest BCUT2D eigenvalue weighted by molar-refractivity contribution is -0.137. The topological polar surface area (TPSA) is 77.8 Å². The monoisotopic (exact) mass is 372 g/mol. The molecular formula is C22H44O4. The predicted octanol–water partition coefficient (Wildman–Crippen LogP) is 5.83. The number of aliphatic carboxylic acids is 1. The number of carbonyl (C=O) groups is 1. The highest BCUT2D eigenvalue weighted by molar-refractivity contribution is 5.66. The van der Waals surface area contributed by atoms with Gasteiger partial charge in [0.1, 0.15) is 0 Å². The first-order valence-electron chi connectivity index (χ1n) is 11.2. The van der Waals surface area contributed by atoms with Gasteiger partial charge in [0.15, 0.2) is 0 Å². The molecule has 0 aliphatic heterocycles. The van der Waals surface area contributed by atoms with Crippen LogP contribution < -0.4 is 0 Å². The third kappa shape index (κ3) is 18.2. The van der Waals surface area contributed by atoms with Gasteiger partial charge in [-0.3, -0.25) is 4.79 Å². The molecule has 0 heterocycles. The molecule has 4 heteroatoms. The van der Waals surface area contributed by atoms with Crippen molar-refractivity contribution in [3.63, 3.8) is 0 Å². The van der Waals surface area contributed by atoms with E-state index in [1.807, 2.05) is 0 Å². The Bertz CT molecular complexity index is 307. The van der Waals surface area contributed by atoms with Crippen LogP contribution in [0.2, 0.25) is 0 Å². The quantitative estimate of drug-likeness (QED) is 0.235. The molecule has 0 saturated carbocycles. The van der Waals surface area contributed by atoms with Gasteiger partial charge in [0, 0.05) is 6.42 Å². The SMILES string of the molecule is CCCCCCCC[C@H](O)[C@H](O)CCCCCCCCCCCC(=O)O. The van der Waals surface area contributed by atoms with Gasteiger partial charge >= 0.3 is 5.97 Å². The van der Waals surface area contributed by atoms with Gasteiger partial charge in [0.05, 0.1) is 12.2 Å². The van der Waals surface area contributed by atoms with Crippen molar-refractivity contribution in [3.05, 3.63) is 0 Å². The maximum atomic E-state index is 10.4. The van der Waals surface area contributed by atoms with Gasteiger partial charge in [-0.1, -0.05) is 96.8 Å². The van der Waals surface area contributed by atoms with Crippen molar-refractivity contribution in [3.8, 4) is 0 Å². The van der Waals surface area contributed by atoms with Gasteiger partial charge in [-0.25, -0.2) is 0 Å². The van der Waals surface area contributed by atoms with E-state index in [1.165, 1.54) is 57.8 Å². The van der Waals surface area contributed by atoms with Crippen LogP contribution in [0.25, 0.3) is 0 Å². The molecule has 0 aliphatic carbocycles. The van der Waals surface area contributed by atoms with Crippen LogP contribution in [0.4, 0.5) is 0 Å². The largest absolute Gasteiger partial charge is 0.481 e. The van der Waals surface area contributed by atoms with Crippen LogP contribution in [-0.4, -0.2) is 33.5 Å². The van der Waals surface area contributed by atoms with Crippen molar-refractivity contribution < 1.29 is 20.1 Å². The fourth-order valence-electron chi connectivity index (χ4n) is 3.39. The summed E-state index contributed by atoms with van der Waals surface area (Å²) in [6.07, 6.45) is 17.8. The van der Waals surface area contributed by atoms with Crippen molar-refractivity contribution in [2.75, 3.05) is 0 Å². The fraction of sp³-hybridized carbons (Fsp3) is 0.955. The highest BCUT2D eigenvalue weighted by atomic mass is 16.4. The van der Waals surface area contributed by atoms with E-state index < -0.39 is 18.2 Å². The molecule has 0 aromatic rings. The van der Waals surface area contributed by atoms with E-state index in [1.54, 1.807) is 0 Å². The first-order chi connectivity index (χ1) is 12.6. The second kappa shape index (κ2) is 19.2. The Morgan fingerprint density at radius 1 is 0.615 bits per heavy atom. The van der Waals surface area contributed by atoms with Gasteiger partial charge in [-0.2, -0.15) is 0 Å². The third-order valence-electron chi connectivity index (χ3n) is 5.19. The molecule has 0 radical (unpaired) electrons. The molecule has 0 saturated heterocycles. The number of aliphatic hydroxyl groups excluding tert-OH is 2. The molecule has 0 bridgehead atoms. The first kappa shape index (κ1) is 25.4. The summed E-state index contributed by atoms with van der Waals surface area (Å²) in [5, 5.41) is 28.6. The Kier molecular flexibility index (Phi) is 18.7. The molecule has 0 amide bonds.